The van der Waals surface area contributed by atoms with Gasteiger partial charge in [0.1, 0.15) is 0 Å². The van der Waals surface area contributed by atoms with E-state index in [2.05, 4.69) is 13.2 Å². The maximum Gasteiger partial charge on any atom is 0.160 e. The molecule has 0 aliphatic carbocycles. The van der Waals surface area contributed by atoms with E-state index in [9.17, 15) is 9.59 Å². The van der Waals surface area contributed by atoms with Gasteiger partial charge in [0, 0.05) is 11.8 Å². The number of hydrogen-bond acceptors (Lipinski definition) is 2. The fourth-order valence-corrected chi connectivity index (χ4v) is 1.59. The Morgan fingerprint density at radius 3 is 1.40 bits per heavy atom. The maximum absolute atomic E-state index is 11.5. The lowest BCUT2D eigenvalue weighted by molar-refractivity contribution is -0.121. The van der Waals surface area contributed by atoms with Crippen molar-refractivity contribution in [2.24, 2.45) is 11.8 Å². The summed E-state index contributed by atoms with van der Waals surface area (Å²) in [6.07, 6.45) is 0.567. The molecule has 0 heterocycles. The summed E-state index contributed by atoms with van der Waals surface area (Å²) in [6, 6.07) is 0. The molecule has 2 unspecified atom stereocenters. The summed E-state index contributed by atoms with van der Waals surface area (Å²) in [6.45, 7) is 14.3. The van der Waals surface area contributed by atoms with E-state index in [-0.39, 0.29) is 23.4 Å². The van der Waals surface area contributed by atoms with E-state index in [0.29, 0.717) is 17.6 Å². The molecule has 0 fully saturated rings. The minimum atomic E-state index is -0.138. The molecule has 2 atom stereocenters. The zero-order valence-electron chi connectivity index (χ0n) is 10.1. The van der Waals surface area contributed by atoms with Gasteiger partial charge in [0.2, 0.25) is 0 Å². The molecular weight excluding hydrogens is 188 g/mol. The molecular formula is C13H20O2. The Kier molecular flexibility index (Phi) is 5.20. The third-order valence-corrected chi connectivity index (χ3v) is 2.44. The third kappa shape index (κ3) is 4.24. The second-order valence-corrected chi connectivity index (χ2v) is 4.33. The van der Waals surface area contributed by atoms with Gasteiger partial charge in [-0.2, -0.15) is 0 Å². The first-order valence-electron chi connectivity index (χ1n) is 5.16. The lowest BCUT2D eigenvalue weighted by Gasteiger charge is -2.15. The average Bonchev–Trinajstić information content (AvgIpc) is 2.14. The monoisotopic (exact) mass is 208 g/mol. The van der Waals surface area contributed by atoms with Gasteiger partial charge in [0.25, 0.3) is 0 Å². The summed E-state index contributed by atoms with van der Waals surface area (Å²) in [5.74, 6) is -0.200. The molecule has 0 aromatic carbocycles. The van der Waals surface area contributed by atoms with Crippen LogP contribution in [-0.2, 0) is 9.59 Å². The van der Waals surface area contributed by atoms with Gasteiger partial charge in [-0.1, -0.05) is 27.0 Å². The summed E-state index contributed by atoms with van der Waals surface area (Å²) in [4.78, 5) is 23.1. The molecule has 0 aliphatic heterocycles. The van der Waals surface area contributed by atoms with Gasteiger partial charge in [0.05, 0.1) is 0 Å². The fourth-order valence-electron chi connectivity index (χ4n) is 1.59. The van der Waals surface area contributed by atoms with Crippen LogP contribution in [0.15, 0.2) is 24.3 Å². The predicted molar refractivity (Wildman–Crippen MR) is 62.6 cm³/mol. The van der Waals surface area contributed by atoms with Crippen LogP contribution in [-0.4, -0.2) is 11.6 Å². The highest BCUT2D eigenvalue weighted by molar-refractivity contribution is 5.98. The summed E-state index contributed by atoms with van der Waals surface area (Å²) in [5.41, 5.74) is 1.11. The molecule has 84 valence electrons. The number of hydrogen-bond donors (Lipinski definition) is 0. The molecule has 0 rings (SSSR count). The van der Waals surface area contributed by atoms with Crippen LogP contribution in [0.25, 0.3) is 0 Å². The van der Waals surface area contributed by atoms with Crippen molar-refractivity contribution in [3.63, 3.8) is 0 Å². The Morgan fingerprint density at radius 2 is 1.20 bits per heavy atom. The normalized spacial score (nSPS) is 14.1. The Morgan fingerprint density at radius 1 is 0.933 bits per heavy atom. The van der Waals surface area contributed by atoms with Crippen molar-refractivity contribution >= 4 is 11.6 Å². The molecule has 0 aliphatic rings. The van der Waals surface area contributed by atoms with E-state index < -0.39 is 0 Å². The Labute approximate surface area is 92.1 Å². The minimum Gasteiger partial charge on any atom is -0.294 e. The second-order valence-electron chi connectivity index (χ2n) is 4.33. The van der Waals surface area contributed by atoms with Crippen molar-refractivity contribution in [1.29, 1.82) is 0 Å². The number of carbonyl (C=O) groups excluding carboxylic acids is 2. The highest BCUT2D eigenvalue weighted by Crippen LogP contribution is 2.18. The molecule has 0 bridgehead atoms. The quantitative estimate of drug-likeness (QED) is 0.629. The molecule has 15 heavy (non-hydrogen) atoms. The van der Waals surface area contributed by atoms with Crippen molar-refractivity contribution in [3.8, 4) is 0 Å². The van der Waals surface area contributed by atoms with Gasteiger partial charge in [0.15, 0.2) is 11.6 Å². The largest absolute Gasteiger partial charge is 0.294 e. The zero-order chi connectivity index (χ0) is 12.2. The van der Waals surface area contributed by atoms with Gasteiger partial charge in [-0.3, -0.25) is 9.59 Å². The smallest absolute Gasteiger partial charge is 0.160 e. The summed E-state index contributed by atoms with van der Waals surface area (Å²) in [7, 11) is 0. The first kappa shape index (κ1) is 13.8. The van der Waals surface area contributed by atoms with Crippen LogP contribution >= 0.6 is 0 Å². The molecule has 0 spiro atoms. The van der Waals surface area contributed by atoms with Gasteiger partial charge in [-0.05, 0) is 31.4 Å². The van der Waals surface area contributed by atoms with Crippen LogP contribution in [0, 0.1) is 11.8 Å². The van der Waals surface area contributed by atoms with Crippen LogP contribution in [0.1, 0.15) is 34.1 Å². The molecule has 2 heteroatoms. The summed E-state index contributed by atoms with van der Waals surface area (Å²) in [5, 5.41) is 0. The second kappa shape index (κ2) is 5.64. The Hall–Kier alpha value is -1.18. The molecule has 0 saturated heterocycles. The van der Waals surface area contributed by atoms with Crippen LogP contribution in [0.4, 0.5) is 0 Å². The van der Waals surface area contributed by atoms with E-state index in [4.69, 9.17) is 0 Å². The third-order valence-electron chi connectivity index (χ3n) is 2.44. The molecule has 0 N–H and O–H groups in total. The first-order chi connectivity index (χ1) is 6.77. The van der Waals surface area contributed by atoms with Crippen molar-refractivity contribution < 1.29 is 9.59 Å². The van der Waals surface area contributed by atoms with E-state index in [0.717, 1.165) is 0 Å². The van der Waals surface area contributed by atoms with Crippen molar-refractivity contribution in [1.82, 2.24) is 0 Å². The average molecular weight is 208 g/mol. The maximum atomic E-state index is 11.5. The lowest BCUT2D eigenvalue weighted by atomic mass is 9.87. The SMILES string of the molecule is C=C(C)C(=O)C(C)CC(C)C(=O)C(=C)C. The fraction of sp³-hybridized carbons (Fsp3) is 0.538. The highest BCUT2D eigenvalue weighted by atomic mass is 16.1. The number of allylic oxidation sites excluding steroid dienone is 2. The lowest BCUT2D eigenvalue weighted by Crippen LogP contribution is -2.20. The Balaban J connectivity index is 4.36. The van der Waals surface area contributed by atoms with Crippen LogP contribution < -0.4 is 0 Å². The van der Waals surface area contributed by atoms with Crippen molar-refractivity contribution in [3.05, 3.63) is 24.3 Å². The van der Waals surface area contributed by atoms with Gasteiger partial charge >= 0.3 is 0 Å². The molecule has 0 saturated carbocycles. The number of carbonyl (C=O) groups is 2. The molecule has 0 aromatic heterocycles. The van der Waals surface area contributed by atoms with Crippen molar-refractivity contribution in [2.75, 3.05) is 0 Å². The van der Waals surface area contributed by atoms with Gasteiger partial charge in [-0.15, -0.1) is 0 Å². The molecule has 0 amide bonds. The Bertz CT molecular complexity index is 270. The summed E-state index contributed by atoms with van der Waals surface area (Å²) >= 11 is 0. The number of ketones is 2. The number of rotatable bonds is 6. The van der Waals surface area contributed by atoms with E-state index in [1.807, 2.05) is 13.8 Å². The van der Waals surface area contributed by atoms with Crippen molar-refractivity contribution in [2.45, 2.75) is 34.1 Å². The zero-order valence-corrected chi connectivity index (χ0v) is 10.1. The van der Waals surface area contributed by atoms with Crippen LogP contribution in [0.2, 0.25) is 0 Å². The topological polar surface area (TPSA) is 34.1 Å². The van der Waals surface area contributed by atoms with Crippen LogP contribution in [0.5, 0.6) is 0 Å². The first-order valence-corrected chi connectivity index (χ1v) is 5.16. The number of Topliss-reactive ketones (excluding diaryl/α,β-unsaturated/α-hetero) is 2. The molecule has 0 radical (unpaired) electrons. The van der Waals surface area contributed by atoms with Crippen LogP contribution in [0.3, 0.4) is 0 Å². The highest BCUT2D eigenvalue weighted by Gasteiger charge is 2.21. The van der Waals surface area contributed by atoms with E-state index >= 15 is 0 Å². The minimum absolute atomic E-state index is 0.0383. The van der Waals surface area contributed by atoms with E-state index in [1.54, 1.807) is 13.8 Å². The predicted octanol–water partition coefficient (Wildman–Crippen LogP) is 2.94. The molecule has 2 nitrogen and oxygen atoms in total. The van der Waals surface area contributed by atoms with Gasteiger partial charge in [-0.25, -0.2) is 0 Å². The van der Waals surface area contributed by atoms with E-state index in [1.165, 1.54) is 0 Å². The standard InChI is InChI=1S/C13H20O2/c1-8(2)12(14)10(5)7-11(6)13(15)9(3)4/h10-11H,1,3,7H2,2,4-6H3. The summed E-state index contributed by atoms with van der Waals surface area (Å²) < 4.78 is 0. The van der Waals surface area contributed by atoms with Gasteiger partial charge < -0.3 is 0 Å². The molecule has 0 aromatic rings.